The standard InChI is InChI=1S/C10H7F4NO5/c11-9(12)10(13,14)4-20-7-2-1-5(15(18)19)3-6(7)8(16)17/h1-3,9H,4H2,(H,16,17). The maximum atomic E-state index is 12.6. The normalized spacial score (nSPS) is 11.4. The number of hydrogen-bond donors (Lipinski definition) is 1. The highest BCUT2D eigenvalue weighted by molar-refractivity contribution is 5.91. The SMILES string of the molecule is O=C(O)c1cc([N+](=O)[O-])ccc1OCC(F)(F)C(F)F. The van der Waals surface area contributed by atoms with E-state index in [0.29, 0.717) is 6.07 Å². The third kappa shape index (κ3) is 3.56. The van der Waals surface area contributed by atoms with Gasteiger partial charge >= 0.3 is 18.3 Å². The monoisotopic (exact) mass is 297 g/mol. The third-order valence-corrected chi connectivity index (χ3v) is 2.14. The minimum Gasteiger partial charge on any atom is -0.486 e. The molecule has 20 heavy (non-hydrogen) atoms. The molecule has 0 heterocycles. The molecule has 10 heteroatoms. The van der Waals surface area contributed by atoms with Gasteiger partial charge in [0.1, 0.15) is 11.3 Å². The van der Waals surface area contributed by atoms with E-state index in [-0.39, 0.29) is 0 Å². The fourth-order valence-electron chi connectivity index (χ4n) is 1.16. The quantitative estimate of drug-likeness (QED) is 0.495. The van der Waals surface area contributed by atoms with Gasteiger partial charge < -0.3 is 9.84 Å². The number of halogens is 4. The van der Waals surface area contributed by atoms with Gasteiger partial charge in [-0.25, -0.2) is 13.6 Å². The summed E-state index contributed by atoms with van der Waals surface area (Å²) in [4.78, 5) is 20.4. The van der Waals surface area contributed by atoms with Crippen LogP contribution in [-0.2, 0) is 0 Å². The average Bonchev–Trinajstić information content (AvgIpc) is 2.35. The van der Waals surface area contributed by atoms with Gasteiger partial charge in [0.25, 0.3) is 5.69 Å². The van der Waals surface area contributed by atoms with E-state index in [1.807, 2.05) is 0 Å². The topological polar surface area (TPSA) is 89.7 Å². The van der Waals surface area contributed by atoms with Crippen molar-refractivity contribution in [3.05, 3.63) is 33.9 Å². The van der Waals surface area contributed by atoms with Gasteiger partial charge in [-0.05, 0) is 6.07 Å². The molecule has 110 valence electrons. The molecule has 1 aromatic carbocycles. The molecule has 6 nitrogen and oxygen atoms in total. The second-order valence-corrected chi connectivity index (χ2v) is 3.59. The van der Waals surface area contributed by atoms with E-state index in [2.05, 4.69) is 4.74 Å². The number of non-ortho nitro benzene ring substituents is 1. The van der Waals surface area contributed by atoms with Gasteiger partial charge in [-0.1, -0.05) is 0 Å². The Labute approximate surface area is 108 Å². The van der Waals surface area contributed by atoms with Crippen LogP contribution in [0.15, 0.2) is 18.2 Å². The van der Waals surface area contributed by atoms with Crippen molar-refractivity contribution in [2.75, 3.05) is 6.61 Å². The predicted molar refractivity (Wildman–Crippen MR) is 56.5 cm³/mol. The number of nitro groups is 1. The van der Waals surface area contributed by atoms with Crippen LogP contribution in [0.5, 0.6) is 5.75 Å². The second kappa shape index (κ2) is 5.72. The molecule has 0 atom stereocenters. The van der Waals surface area contributed by atoms with Crippen molar-refractivity contribution in [3.63, 3.8) is 0 Å². The van der Waals surface area contributed by atoms with E-state index in [1.165, 1.54) is 0 Å². The van der Waals surface area contributed by atoms with E-state index in [9.17, 15) is 32.5 Å². The van der Waals surface area contributed by atoms with Gasteiger partial charge in [-0.2, -0.15) is 8.78 Å². The number of ether oxygens (including phenoxy) is 1. The zero-order chi connectivity index (χ0) is 15.5. The number of alkyl halides is 4. The molecule has 0 aromatic heterocycles. The predicted octanol–water partition coefficient (Wildman–Crippen LogP) is 2.57. The molecule has 1 rings (SSSR count). The molecule has 0 aliphatic carbocycles. The Morgan fingerprint density at radius 3 is 2.50 bits per heavy atom. The maximum absolute atomic E-state index is 12.6. The van der Waals surface area contributed by atoms with Crippen LogP contribution >= 0.6 is 0 Å². The van der Waals surface area contributed by atoms with Crippen LogP contribution in [0.3, 0.4) is 0 Å². The lowest BCUT2D eigenvalue weighted by Crippen LogP contribution is -2.34. The van der Waals surface area contributed by atoms with Crippen LogP contribution < -0.4 is 4.74 Å². The van der Waals surface area contributed by atoms with Crippen LogP contribution in [-0.4, -0.2) is 35.0 Å². The summed E-state index contributed by atoms with van der Waals surface area (Å²) in [6.07, 6.45) is -3.98. The van der Waals surface area contributed by atoms with E-state index in [0.717, 1.165) is 12.1 Å². The van der Waals surface area contributed by atoms with Crippen molar-refractivity contribution in [1.29, 1.82) is 0 Å². The summed E-state index contributed by atoms with van der Waals surface area (Å²) in [5.41, 5.74) is -1.38. The average molecular weight is 297 g/mol. The fraction of sp³-hybridized carbons (Fsp3) is 0.300. The molecule has 0 bridgehead atoms. The Hall–Kier alpha value is -2.39. The number of hydrogen-bond acceptors (Lipinski definition) is 4. The molecule has 0 saturated heterocycles. The number of rotatable bonds is 6. The van der Waals surface area contributed by atoms with Gasteiger partial charge in [0.05, 0.1) is 4.92 Å². The summed E-state index contributed by atoms with van der Waals surface area (Å²) in [5.74, 6) is -6.80. The number of carboxylic acid groups (broad SMARTS) is 1. The number of benzene rings is 1. The van der Waals surface area contributed by atoms with Crippen LogP contribution in [0.1, 0.15) is 10.4 Å². The Balaban J connectivity index is 3.01. The van der Waals surface area contributed by atoms with E-state index in [4.69, 9.17) is 5.11 Å². The third-order valence-electron chi connectivity index (χ3n) is 2.14. The van der Waals surface area contributed by atoms with Crippen LogP contribution in [0.4, 0.5) is 23.2 Å². The summed E-state index contributed by atoms with van der Waals surface area (Å²) in [6, 6.07) is 2.14. The van der Waals surface area contributed by atoms with E-state index >= 15 is 0 Å². The van der Waals surface area contributed by atoms with Gasteiger partial charge in [-0.3, -0.25) is 10.1 Å². The van der Waals surface area contributed by atoms with Gasteiger partial charge in [0.15, 0.2) is 6.61 Å². The minimum absolute atomic E-state index is 0.582. The number of carbonyl (C=O) groups is 1. The van der Waals surface area contributed by atoms with Crippen molar-refractivity contribution in [3.8, 4) is 5.75 Å². The molecule has 0 fully saturated rings. The summed E-state index contributed by atoms with van der Waals surface area (Å²) < 4.78 is 53.4. The van der Waals surface area contributed by atoms with Crippen molar-refractivity contribution in [2.45, 2.75) is 12.3 Å². The van der Waals surface area contributed by atoms with Gasteiger partial charge in [-0.15, -0.1) is 0 Å². The second-order valence-electron chi connectivity index (χ2n) is 3.59. The summed E-state index contributed by atoms with van der Waals surface area (Å²) >= 11 is 0. The lowest BCUT2D eigenvalue weighted by Gasteiger charge is -2.16. The Kier molecular flexibility index (Phi) is 4.48. The first-order valence-electron chi connectivity index (χ1n) is 4.95. The number of nitrogens with zero attached hydrogens (tertiary/aromatic N) is 1. The molecule has 0 aliphatic rings. The van der Waals surface area contributed by atoms with Crippen LogP contribution in [0, 0.1) is 10.1 Å². The lowest BCUT2D eigenvalue weighted by molar-refractivity contribution is -0.384. The first-order chi connectivity index (χ1) is 9.15. The highest BCUT2D eigenvalue weighted by atomic mass is 19.3. The highest BCUT2D eigenvalue weighted by Crippen LogP contribution is 2.28. The van der Waals surface area contributed by atoms with Crippen molar-refractivity contribution >= 4 is 11.7 Å². The smallest absolute Gasteiger partial charge is 0.340 e. The number of aromatic carboxylic acids is 1. The number of nitro benzene ring substituents is 1. The van der Waals surface area contributed by atoms with E-state index in [1.54, 1.807) is 0 Å². The molecule has 0 unspecified atom stereocenters. The summed E-state index contributed by atoms with van der Waals surface area (Å²) in [7, 11) is 0. The van der Waals surface area contributed by atoms with Crippen molar-refractivity contribution < 1.29 is 37.1 Å². The Morgan fingerprint density at radius 1 is 1.45 bits per heavy atom. The molecular formula is C10H7F4NO5. The van der Waals surface area contributed by atoms with Gasteiger partial charge in [0.2, 0.25) is 0 Å². The fourth-order valence-corrected chi connectivity index (χ4v) is 1.16. The molecule has 0 saturated carbocycles. The molecular weight excluding hydrogens is 290 g/mol. The van der Waals surface area contributed by atoms with Crippen molar-refractivity contribution in [1.82, 2.24) is 0 Å². The highest BCUT2D eigenvalue weighted by Gasteiger charge is 2.42. The number of carboxylic acids is 1. The van der Waals surface area contributed by atoms with Gasteiger partial charge in [0, 0.05) is 12.1 Å². The Bertz CT molecular complexity index is 534. The van der Waals surface area contributed by atoms with E-state index < -0.39 is 46.8 Å². The Morgan fingerprint density at radius 2 is 2.05 bits per heavy atom. The maximum Gasteiger partial charge on any atom is 0.340 e. The molecule has 1 aromatic rings. The molecule has 0 aliphatic heterocycles. The summed E-state index contributed by atoms with van der Waals surface area (Å²) in [5, 5.41) is 19.2. The van der Waals surface area contributed by atoms with Crippen LogP contribution in [0.25, 0.3) is 0 Å². The molecule has 0 amide bonds. The zero-order valence-corrected chi connectivity index (χ0v) is 9.56. The summed E-state index contributed by atoms with van der Waals surface area (Å²) in [6.45, 7) is -1.75. The lowest BCUT2D eigenvalue weighted by atomic mass is 10.2. The zero-order valence-electron chi connectivity index (χ0n) is 9.56. The molecule has 1 N–H and O–H groups in total. The largest absolute Gasteiger partial charge is 0.486 e. The minimum atomic E-state index is -4.46. The first kappa shape index (κ1) is 15.7. The molecule has 0 radical (unpaired) electrons. The first-order valence-corrected chi connectivity index (χ1v) is 4.95. The van der Waals surface area contributed by atoms with Crippen molar-refractivity contribution in [2.24, 2.45) is 0 Å². The van der Waals surface area contributed by atoms with Crippen LogP contribution in [0.2, 0.25) is 0 Å². The molecule has 0 spiro atoms.